The Hall–Kier alpha value is -1.62. The van der Waals surface area contributed by atoms with Crippen molar-refractivity contribution in [3.63, 3.8) is 0 Å². The topological polar surface area (TPSA) is 30.7 Å². The molecule has 1 heterocycles. The molecule has 0 radical (unpaired) electrons. The van der Waals surface area contributed by atoms with Crippen LogP contribution >= 0.6 is 34.8 Å². The zero-order valence-electron chi connectivity index (χ0n) is 11.3. The predicted molar refractivity (Wildman–Crippen MR) is 86.5 cm³/mol. The SMILES string of the molecule is Cc1c(Cl)cccc1-n1nc(-c2c(F)cccc2Cl)nc1Cl. The first-order valence-electron chi connectivity index (χ1n) is 6.31. The lowest BCUT2D eigenvalue weighted by molar-refractivity contribution is 0.630. The molecule has 3 aromatic rings. The first kappa shape index (κ1) is 15.3. The van der Waals surface area contributed by atoms with E-state index in [1.807, 2.05) is 6.92 Å². The van der Waals surface area contributed by atoms with Gasteiger partial charge in [0.05, 0.1) is 16.3 Å². The summed E-state index contributed by atoms with van der Waals surface area (Å²) < 4.78 is 15.4. The molecule has 3 rings (SSSR count). The van der Waals surface area contributed by atoms with Crippen molar-refractivity contribution < 1.29 is 4.39 Å². The molecule has 0 amide bonds. The summed E-state index contributed by atoms with van der Waals surface area (Å²) in [5, 5.41) is 5.16. The second-order valence-corrected chi connectivity index (χ2v) is 5.75. The van der Waals surface area contributed by atoms with Crippen molar-refractivity contribution in [3.05, 3.63) is 63.1 Å². The van der Waals surface area contributed by atoms with Crippen molar-refractivity contribution in [2.75, 3.05) is 0 Å². The molecule has 1 aromatic heterocycles. The largest absolute Gasteiger partial charge is 0.226 e. The standard InChI is InChI=1S/C15H9Cl3FN3/c1-8-9(16)4-3-7-12(8)22-15(18)20-14(21-22)13-10(17)5-2-6-11(13)19/h2-7H,1H3. The van der Waals surface area contributed by atoms with Crippen LogP contribution in [0.2, 0.25) is 15.3 Å². The molecule has 0 aliphatic carbocycles. The highest BCUT2D eigenvalue weighted by Crippen LogP contribution is 2.31. The van der Waals surface area contributed by atoms with Crippen molar-refractivity contribution in [1.29, 1.82) is 0 Å². The molecule has 0 aliphatic heterocycles. The normalized spacial score (nSPS) is 11.0. The Bertz CT molecular complexity index is 841. The van der Waals surface area contributed by atoms with Crippen LogP contribution in [0.3, 0.4) is 0 Å². The minimum atomic E-state index is -0.510. The zero-order valence-corrected chi connectivity index (χ0v) is 13.6. The van der Waals surface area contributed by atoms with E-state index in [1.54, 1.807) is 24.3 Å². The smallest absolute Gasteiger partial charge is 0.206 e. The van der Waals surface area contributed by atoms with E-state index in [0.717, 1.165) is 5.56 Å². The monoisotopic (exact) mass is 355 g/mol. The van der Waals surface area contributed by atoms with E-state index in [-0.39, 0.29) is 21.7 Å². The second kappa shape index (κ2) is 5.88. The number of rotatable bonds is 2. The summed E-state index contributed by atoms with van der Waals surface area (Å²) in [4.78, 5) is 4.10. The van der Waals surface area contributed by atoms with Crippen LogP contribution in [0.25, 0.3) is 17.1 Å². The maximum atomic E-state index is 14.0. The quantitative estimate of drug-likeness (QED) is 0.620. The van der Waals surface area contributed by atoms with Gasteiger partial charge in [-0.1, -0.05) is 35.3 Å². The summed E-state index contributed by atoms with van der Waals surface area (Å²) in [7, 11) is 0. The van der Waals surface area contributed by atoms with Crippen LogP contribution in [0, 0.1) is 12.7 Å². The molecule has 0 atom stereocenters. The minimum absolute atomic E-state index is 0.0969. The number of halogens is 4. The van der Waals surface area contributed by atoms with Crippen molar-refractivity contribution in [2.45, 2.75) is 6.92 Å². The zero-order chi connectivity index (χ0) is 15.9. The minimum Gasteiger partial charge on any atom is -0.206 e. The fourth-order valence-corrected chi connectivity index (χ4v) is 2.72. The summed E-state index contributed by atoms with van der Waals surface area (Å²) in [5.74, 6) is -0.392. The van der Waals surface area contributed by atoms with Gasteiger partial charge in [-0.3, -0.25) is 0 Å². The molecule has 3 nitrogen and oxygen atoms in total. The molecule has 0 bridgehead atoms. The first-order chi connectivity index (χ1) is 10.5. The third kappa shape index (κ3) is 2.58. The molecule has 22 heavy (non-hydrogen) atoms. The van der Waals surface area contributed by atoms with Crippen molar-refractivity contribution in [1.82, 2.24) is 14.8 Å². The molecule has 0 aliphatic rings. The predicted octanol–water partition coefficient (Wildman–Crippen LogP) is 5.34. The number of nitrogens with zero attached hydrogens (tertiary/aromatic N) is 3. The van der Waals surface area contributed by atoms with Gasteiger partial charge in [0.1, 0.15) is 5.82 Å². The number of benzene rings is 2. The number of hydrogen-bond acceptors (Lipinski definition) is 2. The average Bonchev–Trinajstić information content (AvgIpc) is 2.83. The Morgan fingerprint density at radius 2 is 1.68 bits per heavy atom. The van der Waals surface area contributed by atoms with E-state index in [0.29, 0.717) is 10.7 Å². The van der Waals surface area contributed by atoms with Gasteiger partial charge in [-0.15, -0.1) is 5.10 Å². The molecule has 0 N–H and O–H groups in total. The van der Waals surface area contributed by atoms with Crippen LogP contribution in [0.1, 0.15) is 5.56 Å². The van der Waals surface area contributed by atoms with Crippen molar-refractivity contribution in [3.8, 4) is 17.1 Å². The fourth-order valence-electron chi connectivity index (χ4n) is 2.09. The van der Waals surface area contributed by atoms with Gasteiger partial charge in [0.25, 0.3) is 0 Å². The molecule has 7 heteroatoms. The Morgan fingerprint density at radius 3 is 2.41 bits per heavy atom. The molecule has 0 unspecified atom stereocenters. The highest BCUT2D eigenvalue weighted by Gasteiger charge is 2.18. The van der Waals surface area contributed by atoms with Crippen LogP contribution in [-0.2, 0) is 0 Å². The molecule has 0 saturated heterocycles. The first-order valence-corrected chi connectivity index (χ1v) is 7.45. The maximum Gasteiger partial charge on any atom is 0.226 e. The van der Waals surface area contributed by atoms with E-state index in [2.05, 4.69) is 10.1 Å². The summed E-state index contributed by atoms with van der Waals surface area (Å²) >= 11 is 18.3. The molecule has 2 aromatic carbocycles. The van der Waals surface area contributed by atoms with Gasteiger partial charge in [-0.2, -0.15) is 4.98 Å². The van der Waals surface area contributed by atoms with Gasteiger partial charge in [-0.05, 0) is 48.4 Å². The van der Waals surface area contributed by atoms with Gasteiger partial charge in [0.15, 0.2) is 5.82 Å². The van der Waals surface area contributed by atoms with Crippen LogP contribution in [0.15, 0.2) is 36.4 Å². The van der Waals surface area contributed by atoms with Crippen LogP contribution < -0.4 is 0 Å². The second-order valence-electron chi connectivity index (χ2n) is 4.60. The summed E-state index contributed by atoms with van der Waals surface area (Å²) in [6, 6.07) is 9.72. The van der Waals surface area contributed by atoms with Gasteiger partial charge < -0.3 is 0 Å². The Labute approximate surface area is 141 Å². The maximum absolute atomic E-state index is 14.0. The fraction of sp³-hybridized carbons (Fsp3) is 0.0667. The van der Waals surface area contributed by atoms with Crippen molar-refractivity contribution in [2.24, 2.45) is 0 Å². The van der Waals surface area contributed by atoms with Gasteiger partial charge in [-0.25, -0.2) is 9.07 Å². The van der Waals surface area contributed by atoms with E-state index in [1.165, 1.54) is 16.8 Å². The Morgan fingerprint density at radius 1 is 1.00 bits per heavy atom. The van der Waals surface area contributed by atoms with Crippen LogP contribution in [0.4, 0.5) is 4.39 Å². The number of aromatic nitrogens is 3. The van der Waals surface area contributed by atoms with Gasteiger partial charge in [0, 0.05) is 5.02 Å². The Kier molecular flexibility index (Phi) is 4.08. The molecular formula is C15H9Cl3FN3. The van der Waals surface area contributed by atoms with Crippen molar-refractivity contribution >= 4 is 34.8 Å². The lowest BCUT2D eigenvalue weighted by atomic mass is 10.2. The van der Waals surface area contributed by atoms with Crippen LogP contribution in [-0.4, -0.2) is 14.8 Å². The van der Waals surface area contributed by atoms with E-state index in [9.17, 15) is 4.39 Å². The molecule has 112 valence electrons. The lowest BCUT2D eigenvalue weighted by Crippen LogP contribution is -2.00. The van der Waals surface area contributed by atoms with Gasteiger partial charge in [0.2, 0.25) is 5.28 Å². The Balaban J connectivity index is 2.18. The molecule has 0 saturated carbocycles. The summed E-state index contributed by atoms with van der Waals surface area (Å²) in [5.41, 5.74) is 1.58. The van der Waals surface area contributed by atoms with Crippen LogP contribution in [0.5, 0.6) is 0 Å². The van der Waals surface area contributed by atoms with E-state index < -0.39 is 5.82 Å². The number of hydrogen-bond donors (Lipinski definition) is 0. The average molecular weight is 357 g/mol. The molecule has 0 spiro atoms. The lowest BCUT2D eigenvalue weighted by Gasteiger charge is -2.07. The third-order valence-corrected chi connectivity index (χ3v) is 4.19. The van der Waals surface area contributed by atoms with Gasteiger partial charge >= 0.3 is 0 Å². The molecular weight excluding hydrogens is 348 g/mol. The summed E-state index contributed by atoms with van der Waals surface area (Å²) in [6.45, 7) is 1.84. The van der Waals surface area contributed by atoms with E-state index in [4.69, 9.17) is 34.8 Å². The summed E-state index contributed by atoms with van der Waals surface area (Å²) in [6.07, 6.45) is 0. The highest BCUT2D eigenvalue weighted by molar-refractivity contribution is 6.33. The molecule has 0 fully saturated rings. The third-order valence-electron chi connectivity index (χ3n) is 3.22. The van der Waals surface area contributed by atoms with E-state index >= 15 is 0 Å². The highest BCUT2D eigenvalue weighted by atomic mass is 35.5.